The van der Waals surface area contributed by atoms with Gasteiger partial charge in [-0.15, -0.1) is 0 Å². The highest BCUT2D eigenvalue weighted by Gasteiger charge is 2.52. The van der Waals surface area contributed by atoms with Gasteiger partial charge in [0.25, 0.3) is 0 Å². The van der Waals surface area contributed by atoms with Crippen LogP contribution in [0.15, 0.2) is 0 Å². The van der Waals surface area contributed by atoms with Crippen molar-refractivity contribution in [1.29, 1.82) is 0 Å². The molecule has 7 heteroatoms. The molecule has 0 unspecified atom stereocenters. The van der Waals surface area contributed by atoms with Crippen molar-refractivity contribution >= 4 is 10.0 Å². The smallest absolute Gasteiger partial charge is 0.211 e. The van der Waals surface area contributed by atoms with Crippen LogP contribution >= 0.6 is 0 Å². The highest BCUT2D eigenvalue weighted by atomic mass is 32.2. The van der Waals surface area contributed by atoms with Gasteiger partial charge in [0.15, 0.2) is 0 Å². The Kier molecular flexibility index (Phi) is 2.71. The molecule has 3 aliphatic heterocycles. The third kappa shape index (κ3) is 1.90. The molecule has 0 radical (unpaired) electrons. The Labute approximate surface area is 102 Å². The zero-order valence-corrected chi connectivity index (χ0v) is 10.9. The normalized spacial score (nSPS) is 34.3. The van der Waals surface area contributed by atoms with E-state index < -0.39 is 10.0 Å². The first-order valence-corrected chi connectivity index (χ1v) is 7.86. The third-order valence-electron chi connectivity index (χ3n) is 4.10. The molecule has 1 atom stereocenters. The monoisotopic (exact) mass is 261 g/mol. The molecule has 1 spiro atoms. The maximum absolute atomic E-state index is 11.7. The number of hydrogen-bond acceptors (Lipinski definition) is 5. The van der Waals surface area contributed by atoms with Crippen LogP contribution < -0.4 is 5.32 Å². The van der Waals surface area contributed by atoms with Crippen LogP contribution in [0.25, 0.3) is 0 Å². The SMILES string of the molecule is CS(=O)(=O)N1C[C@@H]2COCCN2C2(CNC2)C1. The van der Waals surface area contributed by atoms with Crippen molar-refractivity contribution in [2.75, 3.05) is 52.2 Å². The summed E-state index contributed by atoms with van der Waals surface area (Å²) in [6.45, 7) is 5.29. The van der Waals surface area contributed by atoms with Gasteiger partial charge in [-0.2, -0.15) is 4.31 Å². The molecule has 17 heavy (non-hydrogen) atoms. The maximum Gasteiger partial charge on any atom is 0.211 e. The maximum atomic E-state index is 11.7. The van der Waals surface area contributed by atoms with Gasteiger partial charge >= 0.3 is 0 Å². The Morgan fingerprint density at radius 1 is 1.41 bits per heavy atom. The fraction of sp³-hybridized carbons (Fsp3) is 1.00. The minimum absolute atomic E-state index is 0.00970. The molecule has 0 aromatic heterocycles. The number of rotatable bonds is 1. The largest absolute Gasteiger partial charge is 0.378 e. The fourth-order valence-electron chi connectivity index (χ4n) is 3.13. The first-order chi connectivity index (χ1) is 8.01. The van der Waals surface area contributed by atoms with Crippen molar-refractivity contribution in [2.24, 2.45) is 0 Å². The molecular weight excluding hydrogens is 242 g/mol. The molecule has 0 amide bonds. The Balaban J connectivity index is 1.87. The van der Waals surface area contributed by atoms with Gasteiger partial charge in [-0.25, -0.2) is 8.42 Å². The number of ether oxygens (including phenoxy) is 1. The third-order valence-corrected chi connectivity index (χ3v) is 5.32. The summed E-state index contributed by atoms with van der Waals surface area (Å²) >= 11 is 0. The predicted molar refractivity (Wildman–Crippen MR) is 63.3 cm³/mol. The summed E-state index contributed by atoms with van der Waals surface area (Å²) in [4.78, 5) is 2.45. The quantitative estimate of drug-likeness (QED) is 0.610. The molecule has 3 heterocycles. The molecule has 3 aliphatic rings. The number of nitrogens with one attached hydrogen (secondary N) is 1. The summed E-state index contributed by atoms with van der Waals surface area (Å²) in [7, 11) is -3.10. The Bertz CT molecular complexity index is 407. The molecule has 0 aromatic carbocycles. The number of hydrogen-bond donors (Lipinski definition) is 1. The molecule has 6 nitrogen and oxygen atoms in total. The Morgan fingerprint density at radius 2 is 2.18 bits per heavy atom. The lowest BCUT2D eigenvalue weighted by Crippen LogP contribution is -2.80. The van der Waals surface area contributed by atoms with E-state index in [4.69, 9.17) is 4.74 Å². The average Bonchev–Trinajstić information content (AvgIpc) is 2.24. The van der Waals surface area contributed by atoms with Gasteiger partial charge < -0.3 is 10.1 Å². The van der Waals surface area contributed by atoms with Crippen LogP contribution in [0.4, 0.5) is 0 Å². The van der Waals surface area contributed by atoms with Crippen LogP contribution in [0.2, 0.25) is 0 Å². The zero-order valence-electron chi connectivity index (χ0n) is 10.1. The molecular formula is C10H19N3O3S. The van der Waals surface area contributed by atoms with E-state index in [-0.39, 0.29) is 11.6 Å². The molecule has 0 saturated carbocycles. The van der Waals surface area contributed by atoms with Crippen LogP contribution in [-0.4, -0.2) is 81.4 Å². The molecule has 1 N–H and O–H groups in total. The van der Waals surface area contributed by atoms with E-state index in [1.54, 1.807) is 4.31 Å². The van der Waals surface area contributed by atoms with Gasteiger partial charge in [0.1, 0.15) is 0 Å². The highest BCUT2D eigenvalue weighted by Crippen LogP contribution is 2.31. The van der Waals surface area contributed by atoms with Crippen molar-refractivity contribution in [3.8, 4) is 0 Å². The highest BCUT2D eigenvalue weighted by molar-refractivity contribution is 7.88. The van der Waals surface area contributed by atoms with Crippen LogP contribution in [0, 0.1) is 0 Å². The topological polar surface area (TPSA) is 61.9 Å². The molecule has 0 bridgehead atoms. The van der Waals surface area contributed by atoms with Crippen LogP contribution in [-0.2, 0) is 14.8 Å². The second-order valence-corrected chi connectivity index (χ2v) is 7.29. The summed E-state index contributed by atoms with van der Waals surface area (Å²) in [5.41, 5.74) is 0.00970. The van der Waals surface area contributed by atoms with E-state index >= 15 is 0 Å². The minimum atomic E-state index is -3.10. The summed E-state index contributed by atoms with van der Waals surface area (Å²) in [5, 5.41) is 3.27. The summed E-state index contributed by atoms with van der Waals surface area (Å²) < 4.78 is 30.6. The number of piperazine rings is 1. The second kappa shape index (κ2) is 3.89. The van der Waals surface area contributed by atoms with Crippen LogP contribution in [0.5, 0.6) is 0 Å². The number of sulfonamides is 1. The summed E-state index contributed by atoms with van der Waals surface area (Å²) in [6, 6.07) is 0.217. The molecule has 3 rings (SSSR count). The predicted octanol–water partition coefficient (Wildman–Crippen LogP) is -1.70. The Morgan fingerprint density at radius 3 is 2.76 bits per heavy atom. The zero-order chi connectivity index (χ0) is 12.1. The van der Waals surface area contributed by atoms with Crippen molar-refractivity contribution in [3.05, 3.63) is 0 Å². The standard InChI is InChI=1S/C10H19N3O3S/c1-17(14,15)12-4-9-5-16-3-2-13(9)10(8-12)6-11-7-10/h9,11H,2-8H2,1H3/t9-/m1/s1. The van der Waals surface area contributed by atoms with Crippen molar-refractivity contribution in [2.45, 2.75) is 11.6 Å². The molecule has 0 aromatic rings. The first kappa shape index (κ1) is 11.9. The Hall–Kier alpha value is -0.210. The van der Waals surface area contributed by atoms with E-state index in [1.165, 1.54) is 6.26 Å². The average molecular weight is 261 g/mol. The molecule has 98 valence electrons. The van der Waals surface area contributed by atoms with E-state index in [0.717, 1.165) is 26.2 Å². The second-order valence-electron chi connectivity index (χ2n) is 5.31. The lowest BCUT2D eigenvalue weighted by molar-refractivity contribution is -0.116. The van der Waals surface area contributed by atoms with E-state index in [0.29, 0.717) is 19.7 Å². The van der Waals surface area contributed by atoms with Gasteiger partial charge in [-0.05, 0) is 0 Å². The van der Waals surface area contributed by atoms with Crippen LogP contribution in [0.3, 0.4) is 0 Å². The van der Waals surface area contributed by atoms with E-state index in [2.05, 4.69) is 10.2 Å². The summed E-state index contributed by atoms with van der Waals surface area (Å²) in [6.07, 6.45) is 1.30. The minimum Gasteiger partial charge on any atom is -0.378 e. The molecule has 0 aliphatic carbocycles. The number of nitrogens with zero attached hydrogens (tertiary/aromatic N) is 2. The van der Waals surface area contributed by atoms with Gasteiger partial charge in [0.05, 0.1) is 25.0 Å². The lowest BCUT2D eigenvalue weighted by atomic mass is 9.85. The summed E-state index contributed by atoms with van der Waals surface area (Å²) in [5.74, 6) is 0. The van der Waals surface area contributed by atoms with Crippen molar-refractivity contribution < 1.29 is 13.2 Å². The van der Waals surface area contributed by atoms with Gasteiger partial charge in [-0.1, -0.05) is 0 Å². The van der Waals surface area contributed by atoms with E-state index in [9.17, 15) is 8.42 Å². The molecule has 3 saturated heterocycles. The van der Waals surface area contributed by atoms with E-state index in [1.807, 2.05) is 0 Å². The van der Waals surface area contributed by atoms with Gasteiger partial charge in [0.2, 0.25) is 10.0 Å². The molecule has 3 fully saturated rings. The van der Waals surface area contributed by atoms with Gasteiger partial charge in [-0.3, -0.25) is 4.90 Å². The fourth-order valence-corrected chi connectivity index (χ4v) is 4.05. The number of fused-ring (bicyclic) bond motifs is 2. The van der Waals surface area contributed by atoms with Crippen molar-refractivity contribution in [3.63, 3.8) is 0 Å². The van der Waals surface area contributed by atoms with Crippen LogP contribution in [0.1, 0.15) is 0 Å². The lowest BCUT2D eigenvalue weighted by Gasteiger charge is -2.59. The number of morpholine rings is 1. The first-order valence-electron chi connectivity index (χ1n) is 6.02. The van der Waals surface area contributed by atoms with Crippen molar-refractivity contribution in [1.82, 2.24) is 14.5 Å². The van der Waals surface area contributed by atoms with Gasteiger partial charge in [0, 0.05) is 38.8 Å².